The first-order valence-corrected chi connectivity index (χ1v) is 10.7. The maximum atomic E-state index is 2.34. The van der Waals surface area contributed by atoms with Crippen LogP contribution in [0, 0.1) is 13.8 Å². The van der Waals surface area contributed by atoms with Crippen LogP contribution in [0.5, 0.6) is 0 Å². The number of anilines is 3. The van der Waals surface area contributed by atoms with Crippen molar-refractivity contribution in [2.75, 3.05) is 4.90 Å². The Morgan fingerprint density at radius 2 is 1.23 bits per heavy atom. The molecule has 0 N–H and O–H groups in total. The molecule has 1 heteroatoms. The number of benzene rings is 5. The summed E-state index contributed by atoms with van der Waals surface area (Å²) in [6.07, 6.45) is 0. The Hall–Kier alpha value is -3.84. The molecule has 5 rings (SSSR count). The summed E-state index contributed by atoms with van der Waals surface area (Å²) < 4.78 is 0. The molecule has 0 saturated carbocycles. The van der Waals surface area contributed by atoms with Crippen molar-refractivity contribution in [3.8, 4) is 11.1 Å². The van der Waals surface area contributed by atoms with E-state index >= 15 is 0 Å². The van der Waals surface area contributed by atoms with Crippen LogP contribution >= 0.6 is 0 Å². The van der Waals surface area contributed by atoms with Gasteiger partial charge in [-0.3, -0.25) is 0 Å². The van der Waals surface area contributed by atoms with Crippen molar-refractivity contribution < 1.29 is 0 Å². The van der Waals surface area contributed by atoms with Crippen molar-refractivity contribution in [3.63, 3.8) is 0 Å². The molecule has 0 aliphatic heterocycles. The summed E-state index contributed by atoms with van der Waals surface area (Å²) in [5, 5.41) is 2.49. The average Bonchev–Trinajstić information content (AvgIpc) is 2.82. The van der Waals surface area contributed by atoms with Gasteiger partial charge in [-0.25, -0.2) is 0 Å². The fraction of sp³-hybridized carbons (Fsp3) is 0.0667. The second-order valence-corrected chi connectivity index (χ2v) is 8.03. The molecule has 0 aliphatic carbocycles. The smallest absolute Gasteiger partial charge is 0.0540 e. The Kier molecular flexibility index (Phi) is 5.01. The largest absolute Gasteiger partial charge is 0.310 e. The number of nitrogens with zero attached hydrogens (tertiary/aromatic N) is 1. The number of rotatable bonds is 4. The van der Waals surface area contributed by atoms with Gasteiger partial charge in [0.1, 0.15) is 0 Å². The summed E-state index contributed by atoms with van der Waals surface area (Å²) in [6, 6.07) is 41.2. The molecule has 5 aromatic rings. The molecular weight excluding hydrogens is 374 g/mol. The van der Waals surface area contributed by atoms with Gasteiger partial charge in [0.05, 0.1) is 5.69 Å². The average molecular weight is 400 g/mol. The van der Waals surface area contributed by atoms with E-state index in [1.54, 1.807) is 0 Å². The molecule has 1 nitrogen and oxygen atoms in total. The maximum absolute atomic E-state index is 2.34. The molecule has 0 aromatic heterocycles. The van der Waals surface area contributed by atoms with Crippen LogP contribution in [0.25, 0.3) is 21.9 Å². The Balaban J connectivity index is 1.65. The van der Waals surface area contributed by atoms with Crippen LogP contribution in [0.15, 0.2) is 115 Å². The van der Waals surface area contributed by atoms with Gasteiger partial charge in [0.15, 0.2) is 0 Å². The lowest BCUT2D eigenvalue weighted by molar-refractivity contribution is 1.30. The molecular formula is C30H25N. The van der Waals surface area contributed by atoms with E-state index in [4.69, 9.17) is 0 Å². The molecule has 150 valence electrons. The monoisotopic (exact) mass is 399 g/mol. The molecule has 0 unspecified atom stereocenters. The molecule has 0 aliphatic rings. The Labute approximate surface area is 184 Å². The molecule has 0 bridgehead atoms. The van der Waals surface area contributed by atoms with Crippen molar-refractivity contribution in [1.29, 1.82) is 0 Å². The van der Waals surface area contributed by atoms with Gasteiger partial charge in [0.2, 0.25) is 0 Å². The van der Waals surface area contributed by atoms with E-state index in [1.165, 1.54) is 38.7 Å². The van der Waals surface area contributed by atoms with Crippen molar-refractivity contribution in [2.24, 2.45) is 0 Å². The summed E-state index contributed by atoms with van der Waals surface area (Å²) in [5.74, 6) is 0. The third kappa shape index (κ3) is 3.71. The lowest BCUT2D eigenvalue weighted by Crippen LogP contribution is -2.10. The zero-order chi connectivity index (χ0) is 21.2. The highest BCUT2D eigenvalue weighted by Gasteiger charge is 2.15. The fourth-order valence-electron chi connectivity index (χ4n) is 4.24. The lowest BCUT2D eigenvalue weighted by Gasteiger charge is -2.27. The van der Waals surface area contributed by atoms with E-state index in [2.05, 4.69) is 134 Å². The highest BCUT2D eigenvalue weighted by Crippen LogP contribution is 2.39. The van der Waals surface area contributed by atoms with Crippen molar-refractivity contribution >= 4 is 27.8 Å². The van der Waals surface area contributed by atoms with Gasteiger partial charge in [-0.1, -0.05) is 90.5 Å². The molecule has 0 radical (unpaired) electrons. The van der Waals surface area contributed by atoms with Crippen molar-refractivity contribution in [3.05, 3.63) is 126 Å². The summed E-state index contributed by atoms with van der Waals surface area (Å²) >= 11 is 0. The van der Waals surface area contributed by atoms with Gasteiger partial charge in [-0.15, -0.1) is 0 Å². The highest BCUT2D eigenvalue weighted by molar-refractivity contribution is 5.98. The minimum absolute atomic E-state index is 1.15. The standard InChI is InChI=1S/C30H25N/c1-22-15-16-23(2)29(21-22)25-17-19-27(20-18-25)31(26-11-4-3-5-12-26)30-14-8-10-24-9-6-7-13-28(24)30/h3-21H,1-2H3. The van der Waals surface area contributed by atoms with Crippen LogP contribution in [0.1, 0.15) is 11.1 Å². The minimum atomic E-state index is 1.15. The van der Waals surface area contributed by atoms with Gasteiger partial charge >= 0.3 is 0 Å². The Bertz CT molecular complexity index is 1330. The summed E-state index contributed by atoms with van der Waals surface area (Å²) in [5.41, 5.74) is 8.61. The first-order valence-electron chi connectivity index (χ1n) is 10.7. The Morgan fingerprint density at radius 3 is 2.03 bits per heavy atom. The topological polar surface area (TPSA) is 3.24 Å². The quantitative estimate of drug-likeness (QED) is 0.292. The highest BCUT2D eigenvalue weighted by atomic mass is 15.1. The van der Waals surface area contributed by atoms with E-state index in [-0.39, 0.29) is 0 Å². The SMILES string of the molecule is Cc1ccc(C)c(-c2ccc(N(c3ccccc3)c3cccc4ccccc34)cc2)c1. The van der Waals surface area contributed by atoms with E-state index < -0.39 is 0 Å². The summed E-state index contributed by atoms with van der Waals surface area (Å²) in [7, 11) is 0. The summed E-state index contributed by atoms with van der Waals surface area (Å²) in [4.78, 5) is 2.34. The van der Waals surface area contributed by atoms with Gasteiger partial charge < -0.3 is 4.90 Å². The van der Waals surface area contributed by atoms with E-state index in [0.717, 1.165) is 11.4 Å². The molecule has 0 atom stereocenters. The van der Waals surface area contributed by atoms with Crippen molar-refractivity contribution in [1.82, 2.24) is 0 Å². The zero-order valence-corrected chi connectivity index (χ0v) is 17.9. The molecule has 5 aromatic carbocycles. The molecule has 0 fully saturated rings. The fourth-order valence-corrected chi connectivity index (χ4v) is 4.24. The number of aryl methyl sites for hydroxylation is 2. The molecule has 0 heterocycles. The van der Waals surface area contributed by atoms with Crippen LogP contribution in [0.3, 0.4) is 0 Å². The minimum Gasteiger partial charge on any atom is -0.310 e. The maximum Gasteiger partial charge on any atom is 0.0540 e. The lowest BCUT2D eigenvalue weighted by atomic mass is 9.98. The predicted octanol–water partition coefficient (Wildman–Crippen LogP) is 8.59. The third-order valence-corrected chi connectivity index (χ3v) is 5.85. The van der Waals surface area contributed by atoms with Crippen molar-refractivity contribution in [2.45, 2.75) is 13.8 Å². The first kappa shape index (κ1) is 19.1. The first-order chi connectivity index (χ1) is 15.2. The third-order valence-electron chi connectivity index (χ3n) is 5.85. The van der Waals surface area contributed by atoms with Crippen LogP contribution in [-0.2, 0) is 0 Å². The zero-order valence-electron chi connectivity index (χ0n) is 17.9. The predicted molar refractivity (Wildman–Crippen MR) is 134 cm³/mol. The number of hydrogen-bond acceptors (Lipinski definition) is 1. The van der Waals surface area contributed by atoms with Gasteiger partial charge in [0.25, 0.3) is 0 Å². The number of fused-ring (bicyclic) bond motifs is 1. The van der Waals surface area contributed by atoms with E-state index in [1.807, 2.05) is 0 Å². The van der Waals surface area contributed by atoms with Gasteiger partial charge in [0, 0.05) is 16.8 Å². The molecule has 0 saturated heterocycles. The van der Waals surface area contributed by atoms with Gasteiger partial charge in [-0.05, 0) is 66.3 Å². The number of hydrogen-bond donors (Lipinski definition) is 0. The summed E-state index contributed by atoms with van der Waals surface area (Å²) in [6.45, 7) is 4.32. The number of para-hydroxylation sites is 1. The molecule has 0 amide bonds. The van der Waals surface area contributed by atoms with Crippen LogP contribution < -0.4 is 4.90 Å². The van der Waals surface area contributed by atoms with Crippen LogP contribution in [0.4, 0.5) is 17.1 Å². The molecule has 0 spiro atoms. The second-order valence-electron chi connectivity index (χ2n) is 8.03. The van der Waals surface area contributed by atoms with E-state index in [9.17, 15) is 0 Å². The normalized spacial score (nSPS) is 10.9. The van der Waals surface area contributed by atoms with Crippen LogP contribution in [0.2, 0.25) is 0 Å². The molecule has 31 heavy (non-hydrogen) atoms. The van der Waals surface area contributed by atoms with E-state index in [0.29, 0.717) is 0 Å². The van der Waals surface area contributed by atoms with Gasteiger partial charge in [-0.2, -0.15) is 0 Å². The Morgan fingerprint density at radius 1 is 0.548 bits per heavy atom. The second kappa shape index (κ2) is 8.12. The van der Waals surface area contributed by atoms with Crippen LogP contribution in [-0.4, -0.2) is 0 Å².